The van der Waals surface area contributed by atoms with E-state index in [-0.39, 0.29) is 0 Å². The average Bonchev–Trinajstić information content (AvgIpc) is 2.28. The molecular weight excluding hydrogens is 210 g/mol. The number of halogens is 2. The van der Waals surface area contributed by atoms with Crippen molar-refractivity contribution in [2.24, 2.45) is 0 Å². The van der Waals surface area contributed by atoms with Gasteiger partial charge in [-0.3, -0.25) is 9.97 Å². The maximum Gasteiger partial charge on any atom is 0.142 e. The van der Waals surface area contributed by atoms with Crippen molar-refractivity contribution in [3.8, 4) is 0 Å². The molecule has 0 aliphatic heterocycles. The van der Waals surface area contributed by atoms with Crippen LogP contribution in [-0.2, 0) is 0 Å². The fourth-order valence-electron chi connectivity index (χ4n) is 1.75. The van der Waals surface area contributed by atoms with Crippen LogP contribution in [-0.4, -0.2) is 9.97 Å². The summed E-state index contributed by atoms with van der Waals surface area (Å²) in [6, 6.07) is 6.17. The van der Waals surface area contributed by atoms with E-state index in [1.165, 1.54) is 12.1 Å². The Morgan fingerprint density at radius 2 is 1.62 bits per heavy atom. The van der Waals surface area contributed by atoms with Gasteiger partial charge in [-0.15, -0.1) is 0 Å². The van der Waals surface area contributed by atoms with Crippen molar-refractivity contribution in [1.29, 1.82) is 0 Å². The Bertz CT molecular complexity index is 695. The van der Waals surface area contributed by atoms with Crippen LogP contribution in [0.3, 0.4) is 0 Å². The van der Waals surface area contributed by atoms with E-state index in [1.807, 2.05) is 0 Å². The van der Waals surface area contributed by atoms with Crippen molar-refractivity contribution < 1.29 is 8.78 Å². The van der Waals surface area contributed by atoms with Crippen molar-refractivity contribution in [3.05, 3.63) is 48.3 Å². The average molecular weight is 216 g/mol. The first kappa shape index (κ1) is 9.15. The molecule has 0 bridgehead atoms. The molecule has 2 heterocycles. The second-order valence-corrected chi connectivity index (χ2v) is 3.51. The SMILES string of the molecule is Fc1cnc2c(ccc3ncc(F)cc32)c1. The summed E-state index contributed by atoms with van der Waals surface area (Å²) in [4.78, 5) is 7.91. The third-order valence-electron chi connectivity index (χ3n) is 2.44. The molecular formula is C12H6F2N2. The van der Waals surface area contributed by atoms with Gasteiger partial charge in [-0.05, 0) is 18.2 Å². The van der Waals surface area contributed by atoms with Gasteiger partial charge in [0.2, 0.25) is 0 Å². The number of hydrogen-bond acceptors (Lipinski definition) is 2. The maximum atomic E-state index is 13.1. The summed E-state index contributed by atoms with van der Waals surface area (Å²) in [6.45, 7) is 0. The summed E-state index contributed by atoms with van der Waals surface area (Å²) in [6.07, 6.45) is 2.27. The largest absolute Gasteiger partial charge is 0.253 e. The highest BCUT2D eigenvalue weighted by atomic mass is 19.1. The molecule has 1 aromatic carbocycles. The molecule has 0 saturated carbocycles. The Balaban J connectivity index is 2.52. The topological polar surface area (TPSA) is 25.8 Å². The van der Waals surface area contributed by atoms with Gasteiger partial charge in [0.1, 0.15) is 11.6 Å². The fraction of sp³-hybridized carbons (Fsp3) is 0. The van der Waals surface area contributed by atoms with E-state index in [0.29, 0.717) is 21.8 Å². The van der Waals surface area contributed by atoms with Crippen molar-refractivity contribution in [2.75, 3.05) is 0 Å². The van der Waals surface area contributed by atoms with E-state index in [1.54, 1.807) is 12.1 Å². The van der Waals surface area contributed by atoms with E-state index in [4.69, 9.17) is 0 Å². The summed E-state index contributed by atoms with van der Waals surface area (Å²) in [5, 5.41) is 1.23. The van der Waals surface area contributed by atoms with Gasteiger partial charge in [0, 0.05) is 10.8 Å². The summed E-state index contributed by atoms with van der Waals surface area (Å²) < 4.78 is 26.0. The molecule has 0 amide bonds. The number of benzene rings is 1. The van der Waals surface area contributed by atoms with Gasteiger partial charge in [-0.25, -0.2) is 8.78 Å². The molecule has 0 aliphatic carbocycles. The highest BCUT2D eigenvalue weighted by Gasteiger charge is 2.04. The van der Waals surface area contributed by atoms with E-state index in [9.17, 15) is 8.78 Å². The molecule has 0 N–H and O–H groups in total. The second kappa shape index (κ2) is 3.20. The van der Waals surface area contributed by atoms with E-state index >= 15 is 0 Å². The Morgan fingerprint density at radius 3 is 2.50 bits per heavy atom. The van der Waals surface area contributed by atoms with Crippen molar-refractivity contribution in [2.45, 2.75) is 0 Å². The van der Waals surface area contributed by atoms with E-state index in [2.05, 4.69) is 9.97 Å². The van der Waals surface area contributed by atoms with Crippen LogP contribution < -0.4 is 0 Å². The van der Waals surface area contributed by atoms with Gasteiger partial charge in [0.15, 0.2) is 0 Å². The van der Waals surface area contributed by atoms with Crippen LogP contribution in [0.1, 0.15) is 0 Å². The molecule has 0 spiro atoms. The van der Waals surface area contributed by atoms with Crippen LogP contribution in [0.15, 0.2) is 36.7 Å². The third-order valence-corrected chi connectivity index (χ3v) is 2.44. The number of aromatic nitrogens is 2. The van der Waals surface area contributed by atoms with Gasteiger partial charge < -0.3 is 0 Å². The predicted molar refractivity (Wildman–Crippen MR) is 57.0 cm³/mol. The molecule has 0 radical (unpaired) electrons. The summed E-state index contributed by atoms with van der Waals surface area (Å²) >= 11 is 0. The smallest absolute Gasteiger partial charge is 0.142 e. The lowest BCUT2D eigenvalue weighted by molar-refractivity contribution is 0.623. The number of fused-ring (bicyclic) bond motifs is 3. The Hall–Kier alpha value is -2.10. The van der Waals surface area contributed by atoms with Crippen LogP contribution >= 0.6 is 0 Å². The highest BCUT2D eigenvalue weighted by Crippen LogP contribution is 2.23. The lowest BCUT2D eigenvalue weighted by atomic mass is 10.1. The molecule has 3 rings (SSSR count). The standard InChI is InChI=1S/C12H6F2N2/c13-8-3-7-1-2-11-10(12(7)16-6-8)4-9(14)5-15-11/h1-6H. The quantitative estimate of drug-likeness (QED) is 0.540. The highest BCUT2D eigenvalue weighted by molar-refractivity contribution is 6.03. The summed E-state index contributed by atoms with van der Waals surface area (Å²) in [5.74, 6) is -0.831. The number of nitrogens with zero attached hydrogens (tertiary/aromatic N) is 2. The van der Waals surface area contributed by atoms with Crippen molar-refractivity contribution >= 4 is 21.8 Å². The zero-order valence-electron chi connectivity index (χ0n) is 8.11. The molecule has 16 heavy (non-hydrogen) atoms. The van der Waals surface area contributed by atoms with Crippen LogP contribution in [0.2, 0.25) is 0 Å². The van der Waals surface area contributed by atoms with Crippen LogP contribution in [0, 0.1) is 11.6 Å². The predicted octanol–water partition coefficient (Wildman–Crippen LogP) is 3.06. The molecule has 78 valence electrons. The number of rotatable bonds is 0. The summed E-state index contributed by atoms with van der Waals surface area (Å²) in [7, 11) is 0. The number of pyridine rings is 2. The normalized spacial score (nSPS) is 11.1. The first-order valence-electron chi connectivity index (χ1n) is 4.73. The van der Waals surface area contributed by atoms with Crippen LogP contribution in [0.25, 0.3) is 21.8 Å². The van der Waals surface area contributed by atoms with Gasteiger partial charge in [0.05, 0.1) is 23.4 Å². The lowest BCUT2D eigenvalue weighted by Crippen LogP contribution is -1.87. The lowest BCUT2D eigenvalue weighted by Gasteiger charge is -2.02. The molecule has 0 atom stereocenters. The van der Waals surface area contributed by atoms with Crippen molar-refractivity contribution in [1.82, 2.24) is 9.97 Å². The molecule has 2 nitrogen and oxygen atoms in total. The molecule has 4 heteroatoms. The van der Waals surface area contributed by atoms with Crippen LogP contribution in [0.5, 0.6) is 0 Å². The number of hydrogen-bond donors (Lipinski definition) is 0. The second-order valence-electron chi connectivity index (χ2n) is 3.51. The minimum absolute atomic E-state index is 0.406. The molecule has 3 aromatic rings. The fourth-order valence-corrected chi connectivity index (χ4v) is 1.75. The summed E-state index contributed by atoms with van der Waals surface area (Å²) in [5.41, 5.74) is 1.21. The van der Waals surface area contributed by atoms with Crippen molar-refractivity contribution in [3.63, 3.8) is 0 Å². The molecule has 2 aromatic heterocycles. The minimum Gasteiger partial charge on any atom is -0.253 e. The molecule has 0 aliphatic rings. The van der Waals surface area contributed by atoms with Crippen LogP contribution in [0.4, 0.5) is 8.78 Å². The minimum atomic E-state index is -0.425. The van der Waals surface area contributed by atoms with Gasteiger partial charge in [-0.2, -0.15) is 0 Å². The zero-order chi connectivity index (χ0) is 11.1. The monoisotopic (exact) mass is 216 g/mol. The van der Waals surface area contributed by atoms with Gasteiger partial charge in [0.25, 0.3) is 0 Å². The third kappa shape index (κ3) is 1.31. The maximum absolute atomic E-state index is 13.1. The van der Waals surface area contributed by atoms with Gasteiger partial charge >= 0.3 is 0 Å². The van der Waals surface area contributed by atoms with E-state index < -0.39 is 11.6 Å². The Labute approximate surface area is 89.6 Å². The first-order chi connectivity index (χ1) is 7.74. The Kier molecular flexibility index (Phi) is 1.83. The zero-order valence-corrected chi connectivity index (χ0v) is 8.11. The Morgan fingerprint density at radius 1 is 0.875 bits per heavy atom. The molecule has 0 fully saturated rings. The van der Waals surface area contributed by atoms with E-state index in [0.717, 1.165) is 12.4 Å². The van der Waals surface area contributed by atoms with Gasteiger partial charge in [-0.1, -0.05) is 6.07 Å². The molecule has 0 saturated heterocycles. The molecule has 0 unspecified atom stereocenters. The first-order valence-corrected chi connectivity index (χ1v) is 4.73.